The van der Waals surface area contributed by atoms with Crippen molar-refractivity contribution < 1.29 is 23.9 Å². The van der Waals surface area contributed by atoms with E-state index in [2.05, 4.69) is 31.1 Å². The van der Waals surface area contributed by atoms with Crippen molar-refractivity contribution >= 4 is 40.5 Å². The van der Waals surface area contributed by atoms with E-state index in [1.54, 1.807) is 39.1 Å². The van der Waals surface area contributed by atoms with Gasteiger partial charge < -0.3 is 15.4 Å². The molecule has 0 saturated carbocycles. The average molecular weight is 577 g/mol. The van der Waals surface area contributed by atoms with Gasteiger partial charge in [-0.1, -0.05) is 23.3 Å². The fourth-order valence-electron chi connectivity index (χ4n) is 4.78. The fraction of sp³-hybridized carbons (Fsp3) is 0.483. The van der Waals surface area contributed by atoms with E-state index in [1.807, 2.05) is 24.3 Å². The smallest absolute Gasteiger partial charge is 0.325 e. The number of pyridine rings is 1. The van der Waals surface area contributed by atoms with Crippen LogP contribution in [0, 0.1) is 5.41 Å². The number of amides is 3. The van der Waals surface area contributed by atoms with Crippen LogP contribution in [0.25, 0.3) is 27.3 Å². The van der Waals surface area contributed by atoms with Crippen LogP contribution in [0.3, 0.4) is 0 Å². The molecular formula is C29H36N8O5. The van der Waals surface area contributed by atoms with Crippen molar-refractivity contribution in [2.75, 3.05) is 13.1 Å². The maximum Gasteiger partial charge on any atom is 0.325 e. The Morgan fingerprint density at radius 1 is 1.14 bits per heavy atom. The van der Waals surface area contributed by atoms with E-state index in [-0.39, 0.29) is 13.0 Å². The average Bonchev–Trinajstić information content (AvgIpc) is 2.98. The van der Waals surface area contributed by atoms with Crippen molar-refractivity contribution in [1.29, 1.82) is 0 Å². The quantitative estimate of drug-likeness (QED) is 0.217. The molecule has 1 aromatic carbocycles. The van der Waals surface area contributed by atoms with Crippen molar-refractivity contribution in [3.8, 4) is 0 Å². The first-order valence-electron chi connectivity index (χ1n) is 14.0. The first kappa shape index (κ1) is 30.5. The number of hydrogen-bond acceptors (Lipinski definition) is 8. The van der Waals surface area contributed by atoms with Gasteiger partial charge in [-0.25, -0.2) is 5.43 Å². The Bertz CT molecular complexity index is 1450. The summed E-state index contributed by atoms with van der Waals surface area (Å²) in [6, 6.07) is 4.84. The molecule has 4 atom stereocenters. The number of esters is 1. The molecule has 42 heavy (non-hydrogen) atoms. The van der Waals surface area contributed by atoms with Crippen LogP contribution in [0.1, 0.15) is 64.3 Å². The number of rotatable bonds is 3. The molecule has 0 spiro atoms. The summed E-state index contributed by atoms with van der Waals surface area (Å²) in [6.45, 7) is 7.03. The number of hydrazine groups is 1. The van der Waals surface area contributed by atoms with Crippen molar-refractivity contribution in [2.24, 2.45) is 10.5 Å². The summed E-state index contributed by atoms with van der Waals surface area (Å²) in [7, 11) is 0. The molecule has 1 unspecified atom stereocenters. The minimum Gasteiger partial charge on any atom is -0.457 e. The number of nitrogens with one attached hydrogen (secondary N) is 3. The second-order valence-corrected chi connectivity index (χ2v) is 11.2. The number of carbonyl (C=O) groups excluding carboxylic acids is 4. The Labute approximate surface area is 243 Å². The number of aromatic nitrogens is 1. The highest BCUT2D eigenvalue weighted by Gasteiger charge is 2.34. The second kappa shape index (κ2) is 13.0. The van der Waals surface area contributed by atoms with Crippen LogP contribution in [0.4, 0.5) is 0 Å². The third-order valence-corrected chi connectivity index (χ3v) is 7.45. The molecule has 3 amide bonds. The molecule has 4 rings (SSSR count). The molecule has 5 bridgehead atoms. The van der Waals surface area contributed by atoms with E-state index in [0.29, 0.717) is 25.1 Å². The predicted molar refractivity (Wildman–Crippen MR) is 155 cm³/mol. The minimum absolute atomic E-state index is 0.0327. The van der Waals surface area contributed by atoms with Gasteiger partial charge in [0.25, 0.3) is 5.91 Å². The van der Waals surface area contributed by atoms with Gasteiger partial charge in [0.1, 0.15) is 24.2 Å². The van der Waals surface area contributed by atoms with Crippen LogP contribution in [0.15, 0.2) is 41.7 Å². The van der Waals surface area contributed by atoms with E-state index >= 15 is 0 Å². The highest BCUT2D eigenvalue weighted by Crippen LogP contribution is 2.25. The molecule has 13 nitrogen and oxygen atoms in total. The van der Waals surface area contributed by atoms with Crippen LogP contribution >= 0.6 is 0 Å². The zero-order chi connectivity index (χ0) is 30.4. The second-order valence-electron chi connectivity index (χ2n) is 11.2. The summed E-state index contributed by atoms with van der Waals surface area (Å²) in [5, 5.41) is 12.0. The molecule has 0 aliphatic carbocycles. The third-order valence-electron chi connectivity index (χ3n) is 7.45. The van der Waals surface area contributed by atoms with E-state index in [4.69, 9.17) is 10.3 Å². The van der Waals surface area contributed by atoms with Gasteiger partial charge in [0.15, 0.2) is 0 Å². The molecule has 0 radical (unpaired) electrons. The van der Waals surface area contributed by atoms with Gasteiger partial charge in [0.05, 0.1) is 11.1 Å². The summed E-state index contributed by atoms with van der Waals surface area (Å²) >= 11 is 0. The van der Waals surface area contributed by atoms with Crippen LogP contribution in [-0.2, 0) is 23.9 Å². The minimum atomic E-state index is -1.06. The molecule has 2 aliphatic heterocycles. The molecule has 1 saturated heterocycles. The Morgan fingerprint density at radius 2 is 1.93 bits per heavy atom. The van der Waals surface area contributed by atoms with Gasteiger partial charge in [-0.15, -0.1) is 0 Å². The van der Waals surface area contributed by atoms with Gasteiger partial charge in [0, 0.05) is 29.6 Å². The number of nitrogens with zero attached hydrogens (tertiary/aromatic N) is 5. The monoisotopic (exact) mass is 576 g/mol. The topological polar surface area (TPSA) is 178 Å². The number of carbonyl (C=O) groups is 4. The van der Waals surface area contributed by atoms with Crippen LogP contribution in [0.5, 0.6) is 0 Å². The summed E-state index contributed by atoms with van der Waals surface area (Å²) in [5.41, 5.74) is 12.0. The largest absolute Gasteiger partial charge is 0.457 e. The van der Waals surface area contributed by atoms with Crippen LogP contribution in [0.2, 0.25) is 0 Å². The summed E-state index contributed by atoms with van der Waals surface area (Å²) in [4.78, 5) is 60.0. The third kappa shape index (κ3) is 7.23. The number of benzene rings is 1. The van der Waals surface area contributed by atoms with Gasteiger partial charge >= 0.3 is 5.97 Å². The zero-order valence-electron chi connectivity index (χ0n) is 24.2. The van der Waals surface area contributed by atoms with Crippen molar-refractivity contribution in [3.05, 3.63) is 58.2 Å². The molecule has 1 aromatic heterocycles. The lowest BCUT2D eigenvalue weighted by molar-refractivity contribution is -0.157. The highest BCUT2D eigenvalue weighted by atomic mass is 16.5. The van der Waals surface area contributed by atoms with Crippen LogP contribution in [-0.4, -0.2) is 64.9 Å². The van der Waals surface area contributed by atoms with Crippen molar-refractivity contribution in [1.82, 2.24) is 26.1 Å². The van der Waals surface area contributed by atoms with E-state index in [1.165, 1.54) is 11.9 Å². The van der Waals surface area contributed by atoms with E-state index < -0.39 is 53.3 Å². The molecular weight excluding hydrogens is 540 g/mol. The lowest BCUT2D eigenvalue weighted by Crippen LogP contribution is -2.60. The summed E-state index contributed by atoms with van der Waals surface area (Å²) in [5.74, 6) is -1.96. The van der Waals surface area contributed by atoms with Crippen LogP contribution < -0.4 is 16.1 Å². The summed E-state index contributed by atoms with van der Waals surface area (Å²) < 4.78 is 5.78. The number of ether oxygens (including phenoxy) is 1. The van der Waals surface area contributed by atoms with Gasteiger partial charge in [-0.2, -0.15) is 0 Å². The van der Waals surface area contributed by atoms with Gasteiger partial charge in [-0.05, 0) is 81.6 Å². The first-order valence-corrected chi connectivity index (χ1v) is 14.0. The highest BCUT2D eigenvalue weighted by molar-refractivity contribution is 5.94. The number of hydrogen-bond donors (Lipinski definition) is 3. The number of fused-ring (bicyclic) bond motifs is 4. The molecule has 222 valence electrons. The predicted octanol–water partition coefficient (Wildman–Crippen LogP) is 3.08. The lowest BCUT2D eigenvalue weighted by Gasteiger charge is -2.35. The van der Waals surface area contributed by atoms with E-state index in [0.717, 1.165) is 16.3 Å². The van der Waals surface area contributed by atoms with E-state index in [9.17, 15) is 19.2 Å². The lowest BCUT2D eigenvalue weighted by atomic mass is 9.90. The standard InChI is InChI=1S/C29H36N8O5/c1-17-26(39)37-13-5-6-24(35-37)27(40)42-18(2)19-7-8-20-16-31-22(15-21(20)14-19)9-11-29(3,4)28(41)34-23(25(38)33-17)10-12-32-36-30/h7-9,11,14-18,23-24,35H,5-6,10,12-13H2,1-4H3,(H,33,38)(H,34,41)/b11-9+/t17-,18+,23-,24?/m0/s1. The molecule has 1 fully saturated rings. The summed E-state index contributed by atoms with van der Waals surface area (Å²) in [6.07, 6.45) is 5.69. The Kier molecular flexibility index (Phi) is 9.44. The fourth-order valence-corrected chi connectivity index (χ4v) is 4.78. The molecule has 3 N–H and O–H groups in total. The molecule has 2 aliphatic rings. The van der Waals surface area contributed by atoms with Gasteiger partial charge in [-0.3, -0.25) is 29.2 Å². The molecule has 2 aromatic rings. The first-order chi connectivity index (χ1) is 20.0. The molecule has 13 heteroatoms. The Balaban J connectivity index is 1.69. The molecule has 3 heterocycles. The van der Waals surface area contributed by atoms with Crippen molar-refractivity contribution in [3.63, 3.8) is 0 Å². The van der Waals surface area contributed by atoms with Gasteiger partial charge in [0.2, 0.25) is 11.8 Å². The Morgan fingerprint density at radius 3 is 2.69 bits per heavy atom. The maximum atomic E-state index is 13.3. The normalized spacial score (nSPS) is 26.0. The maximum absolute atomic E-state index is 13.3. The van der Waals surface area contributed by atoms with Crippen molar-refractivity contribution in [2.45, 2.75) is 71.2 Å². The number of cyclic esters (lactones) is 1. The Hall–Kier alpha value is -4.48. The zero-order valence-corrected chi connectivity index (χ0v) is 24.2. The SMILES string of the molecule is C[C@@H]1NC(=O)[C@H](CCN=[N+]=[N-])NC(=O)C(C)(C)/C=C/c2cc3cc(ccc3cn2)[C@@H](C)OC(=O)C2CCCN(N2)C1=O. The number of azide groups is 1.